The van der Waals surface area contributed by atoms with E-state index in [4.69, 9.17) is 0 Å². The van der Waals surface area contributed by atoms with Crippen molar-refractivity contribution in [1.82, 2.24) is 29.9 Å². The van der Waals surface area contributed by atoms with Crippen LogP contribution in [0.4, 0.5) is 34.1 Å². The maximum absolute atomic E-state index is 4.62. The molecule has 0 aliphatic rings. The van der Waals surface area contributed by atoms with Crippen LogP contribution in [0.5, 0.6) is 0 Å². The maximum Gasteiger partial charge on any atom is 0.0887 e. The minimum absolute atomic E-state index is 0.831. The van der Waals surface area contributed by atoms with Crippen LogP contribution < -0.4 is 16.0 Å². The lowest BCUT2D eigenvalue weighted by Crippen LogP contribution is -1.94. The van der Waals surface area contributed by atoms with Gasteiger partial charge >= 0.3 is 0 Å². The van der Waals surface area contributed by atoms with Crippen molar-refractivity contribution in [2.75, 3.05) is 16.0 Å². The lowest BCUT2D eigenvalue weighted by Gasteiger charge is -2.14. The van der Waals surface area contributed by atoms with Gasteiger partial charge in [-0.25, -0.2) is 0 Å². The number of hydrogen-bond acceptors (Lipinski definition) is 9. The second kappa shape index (κ2) is 17.8. The number of rotatable bonds is 12. The molecule has 9 nitrogen and oxygen atoms in total. The number of benzene rings is 4. The third-order valence-electron chi connectivity index (χ3n) is 10.5. The smallest absolute Gasteiger partial charge is 0.0887 e. The van der Waals surface area contributed by atoms with E-state index in [2.05, 4.69) is 137 Å². The van der Waals surface area contributed by atoms with Gasteiger partial charge in [-0.2, -0.15) is 0 Å². The Morgan fingerprint density at radius 2 is 0.492 bits per heavy atom. The first-order valence-corrected chi connectivity index (χ1v) is 20.6. The number of nitrogens with zero attached hydrogens (tertiary/aromatic N) is 6. The van der Waals surface area contributed by atoms with E-state index in [1.165, 1.54) is 0 Å². The van der Waals surface area contributed by atoms with E-state index in [1.807, 2.05) is 110 Å². The molecule has 0 fully saturated rings. The van der Waals surface area contributed by atoms with E-state index in [-0.39, 0.29) is 0 Å². The van der Waals surface area contributed by atoms with Crippen LogP contribution >= 0.6 is 0 Å². The molecule has 6 heterocycles. The van der Waals surface area contributed by atoms with Gasteiger partial charge in [0, 0.05) is 35.7 Å². The van der Waals surface area contributed by atoms with E-state index >= 15 is 0 Å². The van der Waals surface area contributed by atoms with Gasteiger partial charge in [-0.1, -0.05) is 54.6 Å². The van der Waals surface area contributed by atoms with Gasteiger partial charge in [-0.05, 0) is 161 Å². The molecule has 0 spiro atoms. The lowest BCUT2D eigenvalue weighted by atomic mass is 9.93. The summed E-state index contributed by atoms with van der Waals surface area (Å²) in [6, 6.07) is 61.8. The zero-order valence-electron chi connectivity index (χ0n) is 34.0. The molecule has 6 aromatic heterocycles. The lowest BCUT2D eigenvalue weighted by molar-refractivity contribution is 1.25. The summed E-state index contributed by atoms with van der Waals surface area (Å²) in [5.41, 5.74) is 17.3. The van der Waals surface area contributed by atoms with Gasteiger partial charge in [-0.3, -0.25) is 29.9 Å². The van der Waals surface area contributed by atoms with Crippen molar-refractivity contribution in [3.63, 3.8) is 0 Å². The Balaban J connectivity index is 0.900. The second-order valence-corrected chi connectivity index (χ2v) is 14.8. The Labute approximate surface area is 365 Å². The topological polar surface area (TPSA) is 113 Å². The molecular formula is C54H39N9. The minimum Gasteiger partial charge on any atom is -0.354 e. The zero-order chi connectivity index (χ0) is 42.2. The van der Waals surface area contributed by atoms with Crippen molar-refractivity contribution >= 4 is 34.1 Å². The fourth-order valence-electron chi connectivity index (χ4n) is 7.27. The highest BCUT2D eigenvalue weighted by Crippen LogP contribution is 2.35. The molecule has 3 N–H and O–H groups in total. The monoisotopic (exact) mass is 813 g/mol. The van der Waals surface area contributed by atoms with Crippen molar-refractivity contribution in [1.29, 1.82) is 0 Å². The van der Waals surface area contributed by atoms with E-state index in [0.717, 1.165) is 102 Å². The highest BCUT2D eigenvalue weighted by atomic mass is 14.9. The van der Waals surface area contributed by atoms with Crippen LogP contribution in [0.1, 0.15) is 0 Å². The summed E-state index contributed by atoms with van der Waals surface area (Å²) < 4.78 is 0. The molecule has 10 rings (SSSR count). The Hall–Kier alpha value is -8.82. The molecule has 300 valence electrons. The summed E-state index contributed by atoms with van der Waals surface area (Å²) in [5, 5.41) is 10.5. The number of aromatic nitrogens is 6. The van der Waals surface area contributed by atoms with Crippen molar-refractivity contribution in [3.05, 3.63) is 219 Å². The van der Waals surface area contributed by atoms with Crippen LogP contribution in [0.25, 0.3) is 67.5 Å². The molecule has 0 amide bonds. The summed E-state index contributed by atoms with van der Waals surface area (Å²) in [7, 11) is 0. The van der Waals surface area contributed by atoms with Crippen molar-refractivity contribution in [2.45, 2.75) is 0 Å². The minimum atomic E-state index is 0.831. The Bertz CT molecular complexity index is 2700. The predicted molar refractivity (Wildman–Crippen MR) is 255 cm³/mol. The quantitative estimate of drug-likeness (QED) is 0.111. The fourth-order valence-corrected chi connectivity index (χ4v) is 7.27. The molecule has 0 saturated carbocycles. The van der Waals surface area contributed by atoms with Gasteiger partial charge < -0.3 is 16.0 Å². The number of nitrogens with one attached hydrogen (secondary N) is 3. The normalized spacial score (nSPS) is 10.9. The molecule has 4 aromatic carbocycles. The Morgan fingerprint density at radius 1 is 0.222 bits per heavy atom. The molecule has 0 aliphatic heterocycles. The van der Waals surface area contributed by atoms with Gasteiger partial charge in [-0.15, -0.1) is 0 Å². The van der Waals surface area contributed by atoms with Crippen LogP contribution in [0.3, 0.4) is 0 Å². The molecule has 9 heteroatoms. The van der Waals surface area contributed by atoms with E-state index < -0.39 is 0 Å². The molecular weight excluding hydrogens is 775 g/mol. The summed E-state index contributed by atoms with van der Waals surface area (Å²) in [6.07, 6.45) is 10.8. The Morgan fingerprint density at radius 3 is 0.730 bits per heavy atom. The first-order chi connectivity index (χ1) is 31.1. The molecule has 0 unspecified atom stereocenters. The molecule has 0 radical (unpaired) electrons. The van der Waals surface area contributed by atoms with Gasteiger partial charge in [0.15, 0.2) is 0 Å². The maximum atomic E-state index is 4.62. The molecule has 0 aliphatic carbocycles. The Kier molecular flexibility index (Phi) is 10.8. The third-order valence-corrected chi connectivity index (χ3v) is 10.5. The fraction of sp³-hybridized carbons (Fsp3) is 0. The standard InChI is InChI=1S/C54H39N9/c1-4-28-55-49(7-1)52-25-22-46(34-58-52)61-43-16-10-37(11-17-43)40-31-41(38-12-18-44(19-13-38)62-47-23-26-53(59-35-47)50-8-2-5-29-56-50)33-42(32-40)39-14-20-45(21-15-39)63-48-24-27-54(60-36-48)51-9-3-6-30-57-51/h1-36,61-63H. The van der Waals surface area contributed by atoms with Gasteiger partial charge in [0.05, 0.1) is 69.8 Å². The average molecular weight is 814 g/mol. The first kappa shape index (κ1) is 38.4. The largest absolute Gasteiger partial charge is 0.354 e. The van der Waals surface area contributed by atoms with Crippen LogP contribution in [-0.2, 0) is 0 Å². The van der Waals surface area contributed by atoms with E-state index in [1.54, 1.807) is 18.6 Å². The number of pyridine rings is 6. The average Bonchev–Trinajstić information content (AvgIpc) is 3.36. The van der Waals surface area contributed by atoms with Crippen LogP contribution in [-0.4, -0.2) is 29.9 Å². The summed E-state index contributed by atoms with van der Waals surface area (Å²) >= 11 is 0. The molecule has 0 saturated heterocycles. The summed E-state index contributed by atoms with van der Waals surface area (Å²) in [4.78, 5) is 27.1. The zero-order valence-corrected chi connectivity index (χ0v) is 34.0. The van der Waals surface area contributed by atoms with Crippen molar-refractivity contribution in [2.24, 2.45) is 0 Å². The third kappa shape index (κ3) is 9.18. The highest BCUT2D eigenvalue weighted by Gasteiger charge is 2.10. The van der Waals surface area contributed by atoms with Crippen molar-refractivity contribution < 1.29 is 0 Å². The van der Waals surface area contributed by atoms with Crippen molar-refractivity contribution in [3.8, 4) is 67.5 Å². The van der Waals surface area contributed by atoms with Crippen LogP contribution in [0.2, 0.25) is 0 Å². The first-order valence-electron chi connectivity index (χ1n) is 20.6. The van der Waals surface area contributed by atoms with Gasteiger partial charge in [0.1, 0.15) is 0 Å². The summed E-state index contributed by atoms with van der Waals surface area (Å²) in [5.74, 6) is 0. The van der Waals surface area contributed by atoms with E-state index in [0.29, 0.717) is 0 Å². The highest BCUT2D eigenvalue weighted by molar-refractivity contribution is 5.83. The number of anilines is 6. The van der Waals surface area contributed by atoms with Gasteiger partial charge in [0.25, 0.3) is 0 Å². The van der Waals surface area contributed by atoms with E-state index in [9.17, 15) is 0 Å². The summed E-state index contributed by atoms with van der Waals surface area (Å²) in [6.45, 7) is 0. The second-order valence-electron chi connectivity index (χ2n) is 14.8. The molecule has 0 bridgehead atoms. The van der Waals surface area contributed by atoms with Crippen LogP contribution in [0, 0.1) is 0 Å². The van der Waals surface area contributed by atoms with Crippen LogP contribution in [0.15, 0.2) is 219 Å². The van der Waals surface area contributed by atoms with Gasteiger partial charge in [0.2, 0.25) is 0 Å². The number of hydrogen-bond donors (Lipinski definition) is 3. The SMILES string of the molecule is c1ccc(-c2ccc(Nc3ccc(-c4cc(-c5ccc(Nc6ccc(-c7ccccn7)nc6)cc5)cc(-c5ccc(Nc6ccc(-c7ccccn7)nc6)cc5)c4)cc3)cn2)nc1. The molecule has 10 aromatic rings. The predicted octanol–water partition coefficient (Wildman–Crippen LogP) is 13.3. The molecule has 63 heavy (non-hydrogen) atoms. The molecule has 0 atom stereocenters.